The van der Waals surface area contributed by atoms with Gasteiger partial charge in [-0.05, 0) is 64.2 Å². The number of unbranched alkanes of at least 4 members (excludes halogenated alkanes) is 18. The third kappa shape index (κ3) is 25.3. The fourth-order valence-electron chi connectivity index (χ4n) is 6.28. The van der Waals surface area contributed by atoms with Crippen LogP contribution in [-0.4, -0.2) is 98.3 Å². The summed E-state index contributed by atoms with van der Waals surface area (Å²) in [5.74, 6) is -1.12. The highest BCUT2D eigenvalue weighted by Gasteiger charge is 2.51. The van der Waals surface area contributed by atoms with E-state index in [0.29, 0.717) is 12.8 Å². The Hall–Kier alpha value is -1.67. The summed E-state index contributed by atoms with van der Waals surface area (Å²) in [4.78, 5) is 35.5. The fourth-order valence-corrected chi connectivity index (χ4v) is 7.25. The topological polar surface area (TPSA) is 210 Å². The van der Waals surface area contributed by atoms with Gasteiger partial charge < -0.3 is 39.9 Å². The van der Waals surface area contributed by atoms with E-state index in [2.05, 4.69) is 38.2 Å². The molecule has 1 aliphatic carbocycles. The van der Waals surface area contributed by atoms with Crippen molar-refractivity contribution >= 4 is 19.8 Å². The first-order chi connectivity index (χ1) is 26.4. The van der Waals surface area contributed by atoms with Crippen molar-refractivity contribution in [3.63, 3.8) is 0 Å². The number of ether oxygens (including phenoxy) is 2. The van der Waals surface area contributed by atoms with Gasteiger partial charge in [-0.25, -0.2) is 4.57 Å². The SMILES string of the molecule is CCCCC/C=C\CCCCCCCC(=O)O[C@H](COC(=O)CCCCCCC/C=C\CCCCCCC)COP(=O)(O)OC1C(O)C(O)C(O)[C@@H](O)C1O. The predicted octanol–water partition coefficient (Wildman–Crippen LogP) is 7.28. The number of carbonyl (C=O) groups excluding carboxylic acids is 2. The lowest BCUT2D eigenvalue weighted by molar-refractivity contribution is -0.220. The summed E-state index contributed by atoms with van der Waals surface area (Å²) < 4.78 is 33.4. The van der Waals surface area contributed by atoms with Gasteiger partial charge in [0.1, 0.15) is 43.2 Å². The highest BCUT2D eigenvalue weighted by atomic mass is 31.2. The van der Waals surface area contributed by atoms with Gasteiger partial charge in [-0.15, -0.1) is 0 Å². The Balaban J connectivity index is 2.51. The van der Waals surface area contributed by atoms with Crippen LogP contribution in [0.5, 0.6) is 0 Å². The quantitative estimate of drug-likeness (QED) is 0.0164. The van der Waals surface area contributed by atoms with Gasteiger partial charge in [0.05, 0.1) is 6.61 Å². The smallest absolute Gasteiger partial charge is 0.462 e. The minimum atomic E-state index is -5.11. The maximum absolute atomic E-state index is 12.8. The zero-order chi connectivity index (χ0) is 40.7. The second-order valence-corrected chi connectivity index (χ2v) is 16.2. The lowest BCUT2D eigenvalue weighted by Crippen LogP contribution is -2.64. The van der Waals surface area contributed by atoms with Crippen molar-refractivity contribution in [2.75, 3.05) is 13.2 Å². The van der Waals surface area contributed by atoms with E-state index < -0.39 is 75.7 Å². The number of aliphatic hydroxyl groups excluding tert-OH is 5. The van der Waals surface area contributed by atoms with Crippen LogP contribution in [0.2, 0.25) is 0 Å². The molecule has 0 aromatic carbocycles. The molecule has 6 unspecified atom stereocenters. The molecule has 0 aromatic heterocycles. The first-order valence-electron chi connectivity index (χ1n) is 21.1. The number of allylic oxidation sites excluding steroid dienone is 4. The Morgan fingerprint density at radius 1 is 0.545 bits per heavy atom. The van der Waals surface area contributed by atoms with Crippen LogP contribution < -0.4 is 0 Å². The zero-order valence-corrected chi connectivity index (χ0v) is 34.6. The number of hydrogen-bond donors (Lipinski definition) is 6. The van der Waals surface area contributed by atoms with Gasteiger partial charge in [0, 0.05) is 12.8 Å². The van der Waals surface area contributed by atoms with E-state index in [0.717, 1.165) is 77.0 Å². The van der Waals surface area contributed by atoms with Crippen LogP contribution >= 0.6 is 7.82 Å². The van der Waals surface area contributed by atoms with Crippen LogP contribution in [0.3, 0.4) is 0 Å². The van der Waals surface area contributed by atoms with Crippen molar-refractivity contribution < 1.29 is 63.1 Å². The maximum atomic E-state index is 12.8. The first kappa shape index (κ1) is 51.3. The summed E-state index contributed by atoms with van der Waals surface area (Å²) in [5.41, 5.74) is 0. The van der Waals surface area contributed by atoms with Crippen LogP contribution in [0.1, 0.15) is 168 Å². The Kier molecular flexibility index (Phi) is 30.2. The van der Waals surface area contributed by atoms with Gasteiger partial charge in [-0.1, -0.05) is 115 Å². The van der Waals surface area contributed by atoms with Gasteiger partial charge in [0.15, 0.2) is 6.10 Å². The second kappa shape index (κ2) is 32.3. The molecule has 14 heteroatoms. The highest BCUT2D eigenvalue weighted by molar-refractivity contribution is 7.47. The average Bonchev–Trinajstić information content (AvgIpc) is 3.16. The minimum Gasteiger partial charge on any atom is -0.462 e. The normalized spacial score (nSPS) is 23.3. The van der Waals surface area contributed by atoms with E-state index in [1.807, 2.05) is 0 Å². The predicted molar refractivity (Wildman–Crippen MR) is 212 cm³/mol. The Morgan fingerprint density at radius 2 is 0.927 bits per heavy atom. The molecule has 1 saturated carbocycles. The molecule has 0 amide bonds. The molecule has 1 aliphatic rings. The molecule has 1 rings (SSSR count). The molecule has 1 fully saturated rings. The van der Waals surface area contributed by atoms with E-state index in [4.69, 9.17) is 18.5 Å². The van der Waals surface area contributed by atoms with Gasteiger partial charge >= 0.3 is 19.8 Å². The van der Waals surface area contributed by atoms with Gasteiger partial charge in [0.2, 0.25) is 0 Å². The first-order valence-corrected chi connectivity index (χ1v) is 22.6. The summed E-state index contributed by atoms with van der Waals surface area (Å²) in [6.07, 6.45) is 19.6. The molecule has 8 atom stereocenters. The molecule has 0 bridgehead atoms. The summed E-state index contributed by atoms with van der Waals surface area (Å²) in [6, 6.07) is 0. The Morgan fingerprint density at radius 3 is 1.42 bits per heavy atom. The molecule has 0 aromatic rings. The second-order valence-electron chi connectivity index (χ2n) is 14.8. The molecule has 6 N–H and O–H groups in total. The van der Waals surface area contributed by atoms with Crippen molar-refractivity contribution in [1.29, 1.82) is 0 Å². The van der Waals surface area contributed by atoms with E-state index in [9.17, 15) is 44.6 Å². The maximum Gasteiger partial charge on any atom is 0.472 e. The largest absolute Gasteiger partial charge is 0.472 e. The van der Waals surface area contributed by atoms with E-state index >= 15 is 0 Å². The molecule has 55 heavy (non-hydrogen) atoms. The Bertz CT molecular complexity index is 1070. The number of hydrogen-bond acceptors (Lipinski definition) is 12. The number of aliphatic hydroxyl groups is 5. The number of phosphoric acid groups is 1. The van der Waals surface area contributed by atoms with Gasteiger partial charge in [0.25, 0.3) is 0 Å². The van der Waals surface area contributed by atoms with Crippen LogP contribution in [0.4, 0.5) is 0 Å². The highest BCUT2D eigenvalue weighted by Crippen LogP contribution is 2.47. The lowest BCUT2D eigenvalue weighted by atomic mass is 9.85. The average molecular weight is 807 g/mol. The molecular formula is C41H75O13P. The van der Waals surface area contributed by atoms with Crippen LogP contribution in [0.25, 0.3) is 0 Å². The molecule has 322 valence electrons. The monoisotopic (exact) mass is 806 g/mol. The molecule has 0 saturated heterocycles. The van der Waals surface area contributed by atoms with Crippen LogP contribution in [0.15, 0.2) is 24.3 Å². The molecule has 13 nitrogen and oxygen atoms in total. The molecule has 0 aliphatic heterocycles. The van der Waals surface area contributed by atoms with Crippen molar-refractivity contribution in [2.24, 2.45) is 0 Å². The van der Waals surface area contributed by atoms with Crippen molar-refractivity contribution in [3.05, 3.63) is 24.3 Å². The van der Waals surface area contributed by atoms with Gasteiger partial charge in [-0.3, -0.25) is 18.6 Å². The number of phosphoric ester groups is 1. The van der Waals surface area contributed by atoms with Crippen molar-refractivity contribution in [2.45, 2.75) is 211 Å². The van der Waals surface area contributed by atoms with Crippen LogP contribution in [-0.2, 0) is 32.7 Å². The standard InChI is InChI=1S/C41H75O13P/c1-3-5-7-9-11-13-15-17-18-20-21-23-25-27-29-34(42)51-31-33(53-35(43)30-28-26-24-22-19-16-14-12-10-8-6-4-2)32-52-55(49,50)54-41-39(47)37(45)36(44)38(46)40(41)48/h12,14-15,17,33,36-41,44-48H,3-11,13,16,18-32H2,1-2H3,(H,49,50)/b14-12-,17-15-/t33-,36?,37-,38?,39?,40?,41?/m1/s1. The van der Waals surface area contributed by atoms with E-state index in [1.165, 1.54) is 51.4 Å². The summed E-state index contributed by atoms with van der Waals surface area (Å²) in [7, 11) is -5.11. The summed E-state index contributed by atoms with van der Waals surface area (Å²) >= 11 is 0. The van der Waals surface area contributed by atoms with E-state index in [-0.39, 0.29) is 12.8 Å². The molecular weight excluding hydrogens is 731 g/mol. The lowest BCUT2D eigenvalue weighted by Gasteiger charge is -2.41. The third-order valence-corrected chi connectivity index (χ3v) is 10.8. The minimum absolute atomic E-state index is 0.0858. The summed E-state index contributed by atoms with van der Waals surface area (Å²) in [6.45, 7) is 3.23. The molecule has 0 radical (unpaired) electrons. The van der Waals surface area contributed by atoms with E-state index in [1.54, 1.807) is 0 Å². The fraction of sp³-hybridized carbons (Fsp3) is 0.854. The molecule has 0 spiro atoms. The number of esters is 2. The number of rotatable bonds is 34. The zero-order valence-electron chi connectivity index (χ0n) is 33.7. The third-order valence-electron chi connectivity index (χ3n) is 9.77. The van der Waals surface area contributed by atoms with Gasteiger partial charge in [-0.2, -0.15) is 0 Å². The summed E-state index contributed by atoms with van der Waals surface area (Å²) in [5, 5.41) is 50.0. The molecule has 0 heterocycles. The Labute approximate surface area is 330 Å². The number of carbonyl (C=O) groups is 2. The van der Waals surface area contributed by atoms with Crippen molar-refractivity contribution in [3.8, 4) is 0 Å². The van der Waals surface area contributed by atoms with Crippen molar-refractivity contribution in [1.82, 2.24) is 0 Å². The van der Waals surface area contributed by atoms with Crippen LogP contribution in [0, 0.1) is 0 Å².